The van der Waals surface area contributed by atoms with E-state index in [1.807, 2.05) is 24.3 Å². The zero-order valence-corrected chi connectivity index (χ0v) is 14.2. The molecule has 0 atom stereocenters. The number of methoxy groups -OCH3 is 1. The van der Waals surface area contributed by atoms with Crippen molar-refractivity contribution in [3.05, 3.63) is 24.3 Å². The van der Waals surface area contributed by atoms with Crippen molar-refractivity contribution in [3.63, 3.8) is 0 Å². The summed E-state index contributed by atoms with van der Waals surface area (Å²) in [6, 6.07) is 7.36. The lowest BCUT2D eigenvalue weighted by Gasteiger charge is -2.29. The second-order valence-corrected chi connectivity index (χ2v) is 6.60. The average Bonchev–Trinajstić information content (AvgIpc) is 2.95. The van der Waals surface area contributed by atoms with Gasteiger partial charge in [-0.3, -0.25) is 9.59 Å². The molecule has 0 heterocycles. The smallest absolute Gasteiger partial charge is 0.225 e. The Hall–Kier alpha value is -2.04. The van der Waals surface area contributed by atoms with Crippen LogP contribution in [0.1, 0.15) is 38.5 Å². The van der Waals surface area contributed by atoms with E-state index in [0.717, 1.165) is 25.7 Å². The quantitative estimate of drug-likeness (QED) is 0.877. The average molecular weight is 318 g/mol. The Labute approximate surface area is 138 Å². The van der Waals surface area contributed by atoms with Crippen LogP contribution < -0.4 is 10.1 Å². The van der Waals surface area contributed by atoms with Gasteiger partial charge in [0.2, 0.25) is 11.8 Å². The van der Waals surface area contributed by atoms with Crippen molar-refractivity contribution >= 4 is 17.5 Å². The van der Waals surface area contributed by atoms with E-state index in [9.17, 15) is 9.59 Å². The van der Waals surface area contributed by atoms with Gasteiger partial charge in [-0.15, -0.1) is 0 Å². The predicted octanol–water partition coefficient (Wildman–Crippen LogP) is 3.06. The SMILES string of the molecule is COc1ccccc1NC(=O)CC1(CC(=O)N(C)C)CCCC1. The van der Waals surface area contributed by atoms with Crippen molar-refractivity contribution in [2.75, 3.05) is 26.5 Å². The van der Waals surface area contributed by atoms with Gasteiger partial charge in [0.05, 0.1) is 12.8 Å². The summed E-state index contributed by atoms with van der Waals surface area (Å²) in [7, 11) is 5.11. The predicted molar refractivity (Wildman–Crippen MR) is 90.5 cm³/mol. The number of benzene rings is 1. The molecule has 0 saturated heterocycles. The Kier molecular flexibility index (Phi) is 5.64. The molecule has 1 aliphatic carbocycles. The molecule has 0 aromatic heterocycles. The van der Waals surface area contributed by atoms with Crippen LogP contribution in [-0.2, 0) is 9.59 Å². The third-order valence-corrected chi connectivity index (χ3v) is 4.61. The number of amides is 2. The molecule has 2 rings (SSSR count). The van der Waals surface area contributed by atoms with Crippen molar-refractivity contribution in [2.24, 2.45) is 5.41 Å². The fourth-order valence-corrected chi connectivity index (χ4v) is 3.30. The van der Waals surface area contributed by atoms with Crippen molar-refractivity contribution in [3.8, 4) is 5.75 Å². The van der Waals surface area contributed by atoms with Crippen LogP contribution in [0.2, 0.25) is 0 Å². The second-order valence-electron chi connectivity index (χ2n) is 6.60. The maximum absolute atomic E-state index is 12.5. The Bertz CT molecular complexity index is 563. The molecule has 1 aromatic rings. The monoisotopic (exact) mass is 318 g/mol. The lowest BCUT2D eigenvalue weighted by molar-refractivity contribution is -0.131. The normalized spacial score (nSPS) is 16.0. The first-order chi connectivity index (χ1) is 11.0. The highest BCUT2D eigenvalue weighted by Crippen LogP contribution is 2.44. The molecular formula is C18H26N2O3. The molecule has 1 saturated carbocycles. The van der Waals surface area contributed by atoms with Gasteiger partial charge in [-0.2, -0.15) is 0 Å². The number of anilines is 1. The van der Waals surface area contributed by atoms with Crippen LogP contribution >= 0.6 is 0 Å². The van der Waals surface area contributed by atoms with Gasteiger partial charge in [0.25, 0.3) is 0 Å². The summed E-state index contributed by atoms with van der Waals surface area (Å²) in [6.07, 6.45) is 4.87. The number of nitrogens with zero attached hydrogens (tertiary/aromatic N) is 1. The highest BCUT2D eigenvalue weighted by atomic mass is 16.5. The summed E-state index contributed by atoms with van der Waals surface area (Å²) < 4.78 is 5.26. The minimum atomic E-state index is -0.201. The molecule has 0 aliphatic heterocycles. The van der Waals surface area contributed by atoms with E-state index in [4.69, 9.17) is 4.74 Å². The number of nitrogens with one attached hydrogen (secondary N) is 1. The lowest BCUT2D eigenvalue weighted by Crippen LogP contribution is -2.32. The van der Waals surface area contributed by atoms with Gasteiger partial charge >= 0.3 is 0 Å². The first kappa shape index (κ1) is 17.3. The largest absolute Gasteiger partial charge is 0.495 e. The molecule has 5 heteroatoms. The van der Waals surface area contributed by atoms with E-state index in [1.165, 1.54) is 0 Å². The molecule has 0 spiro atoms. The number of hydrogen-bond acceptors (Lipinski definition) is 3. The van der Waals surface area contributed by atoms with E-state index in [2.05, 4.69) is 5.32 Å². The highest BCUT2D eigenvalue weighted by molar-refractivity contribution is 5.93. The van der Waals surface area contributed by atoms with Gasteiger partial charge in [-0.05, 0) is 30.4 Å². The van der Waals surface area contributed by atoms with Crippen LogP contribution in [0.15, 0.2) is 24.3 Å². The Morgan fingerprint density at radius 1 is 1.17 bits per heavy atom. The number of carbonyl (C=O) groups excluding carboxylic acids is 2. The molecule has 0 radical (unpaired) electrons. The first-order valence-corrected chi connectivity index (χ1v) is 8.09. The van der Waals surface area contributed by atoms with Crippen LogP contribution in [0.4, 0.5) is 5.69 Å². The molecule has 1 aromatic carbocycles. The standard InChI is InChI=1S/C18H26N2O3/c1-20(2)17(22)13-18(10-6-7-11-18)12-16(21)19-14-8-4-5-9-15(14)23-3/h4-5,8-9H,6-7,10-13H2,1-3H3,(H,19,21). The van der Waals surface area contributed by atoms with Gasteiger partial charge in [-0.25, -0.2) is 0 Å². The number of ether oxygens (including phenoxy) is 1. The van der Waals surface area contributed by atoms with Crippen LogP contribution in [0, 0.1) is 5.41 Å². The number of para-hydroxylation sites is 2. The molecular weight excluding hydrogens is 292 g/mol. The molecule has 1 N–H and O–H groups in total. The van der Waals surface area contributed by atoms with Crippen molar-refractivity contribution in [1.82, 2.24) is 4.90 Å². The van der Waals surface area contributed by atoms with Crippen LogP contribution in [-0.4, -0.2) is 37.9 Å². The van der Waals surface area contributed by atoms with Gasteiger partial charge in [0.15, 0.2) is 0 Å². The number of hydrogen-bond donors (Lipinski definition) is 1. The van der Waals surface area contributed by atoms with E-state index in [-0.39, 0.29) is 17.2 Å². The van der Waals surface area contributed by atoms with E-state index in [1.54, 1.807) is 26.1 Å². The summed E-state index contributed by atoms with van der Waals surface area (Å²) in [4.78, 5) is 26.2. The molecule has 2 amide bonds. The third-order valence-electron chi connectivity index (χ3n) is 4.61. The minimum Gasteiger partial charge on any atom is -0.495 e. The molecule has 23 heavy (non-hydrogen) atoms. The summed E-state index contributed by atoms with van der Waals surface area (Å²) in [5, 5.41) is 2.93. The third kappa shape index (κ3) is 4.47. The molecule has 126 valence electrons. The fourth-order valence-electron chi connectivity index (χ4n) is 3.30. The maximum Gasteiger partial charge on any atom is 0.225 e. The summed E-state index contributed by atoms with van der Waals surface area (Å²) in [5.41, 5.74) is 0.472. The highest BCUT2D eigenvalue weighted by Gasteiger charge is 2.38. The molecule has 1 fully saturated rings. The fraction of sp³-hybridized carbons (Fsp3) is 0.556. The zero-order valence-electron chi connectivity index (χ0n) is 14.2. The van der Waals surface area contributed by atoms with Crippen LogP contribution in [0.25, 0.3) is 0 Å². The van der Waals surface area contributed by atoms with E-state index >= 15 is 0 Å². The van der Waals surface area contributed by atoms with Crippen LogP contribution in [0.3, 0.4) is 0 Å². The van der Waals surface area contributed by atoms with Gasteiger partial charge < -0.3 is 15.0 Å². The Balaban J connectivity index is 2.05. The second kappa shape index (κ2) is 7.49. The zero-order chi connectivity index (χ0) is 16.9. The van der Waals surface area contributed by atoms with Crippen molar-refractivity contribution in [1.29, 1.82) is 0 Å². The van der Waals surface area contributed by atoms with Crippen LogP contribution in [0.5, 0.6) is 5.75 Å². The molecule has 1 aliphatic rings. The van der Waals surface area contributed by atoms with E-state index < -0.39 is 0 Å². The van der Waals surface area contributed by atoms with Gasteiger partial charge in [-0.1, -0.05) is 25.0 Å². The van der Waals surface area contributed by atoms with Gasteiger partial charge in [0, 0.05) is 26.9 Å². The first-order valence-electron chi connectivity index (χ1n) is 8.09. The minimum absolute atomic E-state index is 0.0528. The number of carbonyl (C=O) groups is 2. The Morgan fingerprint density at radius 3 is 2.43 bits per heavy atom. The van der Waals surface area contributed by atoms with Gasteiger partial charge in [0.1, 0.15) is 5.75 Å². The molecule has 0 bridgehead atoms. The summed E-state index contributed by atoms with van der Waals surface area (Å²) in [5.74, 6) is 0.686. The van der Waals surface area contributed by atoms with Crippen molar-refractivity contribution < 1.29 is 14.3 Å². The lowest BCUT2D eigenvalue weighted by atomic mass is 9.78. The Morgan fingerprint density at radius 2 is 1.83 bits per heavy atom. The molecule has 5 nitrogen and oxygen atoms in total. The summed E-state index contributed by atoms with van der Waals surface area (Å²) >= 11 is 0. The topological polar surface area (TPSA) is 58.6 Å². The number of rotatable bonds is 6. The summed E-state index contributed by atoms with van der Waals surface area (Å²) in [6.45, 7) is 0. The van der Waals surface area contributed by atoms with Crippen molar-refractivity contribution in [2.45, 2.75) is 38.5 Å². The molecule has 0 unspecified atom stereocenters. The van der Waals surface area contributed by atoms with E-state index in [0.29, 0.717) is 24.3 Å². The maximum atomic E-state index is 12.5.